The summed E-state index contributed by atoms with van der Waals surface area (Å²) in [4.78, 5) is 0. The highest BCUT2D eigenvalue weighted by Gasteiger charge is 2.49. The van der Waals surface area contributed by atoms with Gasteiger partial charge in [0.15, 0.2) is 0 Å². The van der Waals surface area contributed by atoms with Gasteiger partial charge in [-0.05, 0) is 54.6 Å². The van der Waals surface area contributed by atoms with Crippen molar-refractivity contribution in [3.8, 4) is 0 Å². The quantitative estimate of drug-likeness (QED) is 0.461. The maximum absolute atomic E-state index is 10.5. The van der Waals surface area contributed by atoms with E-state index < -0.39 is 20.0 Å². The smallest absolute Gasteiger partial charge is 0.261 e. The summed E-state index contributed by atoms with van der Waals surface area (Å²) in [5.41, 5.74) is 0.115. The Hall–Kier alpha value is -1.72. The van der Waals surface area contributed by atoms with Crippen LogP contribution in [-0.4, -0.2) is 36.8 Å². The molecule has 1 atom stereocenters. The largest absolute Gasteiger partial charge is 0.404 e. The predicted molar refractivity (Wildman–Crippen MR) is 129 cm³/mol. The molecule has 30 heavy (non-hydrogen) atoms. The zero-order valence-electron chi connectivity index (χ0n) is 19.4. The van der Waals surface area contributed by atoms with Crippen molar-refractivity contribution in [3.63, 3.8) is 0 Å². The molecule has 0 fully saturated rings. The monoisotopic (exact) mass is 426 g/mol. The van der Waals surface area contributed by atoms with E-state index in [1.54, 1.807) is 13.8 Å². The minimum absolute atomic E-state index is 0.0724. The molecule has 0 bridgehead atoms. The molecule has 0 aromatic heterocycles. The van der Waals surface area contributed by atoms with Crippen molar-refractivity contribution in [2.75, 3.05) is 6.61 Å². The Morgan fingerprint density at radius 1 is 0.933 bits per heavy atom. The van der Waals surface area contributed by atoms with E-state index in [2.05, 4.69) is 69.3 Å². The molecule has 2 aromatic carbocycles. The van der Waals surface area contributed by atoms with Gasteiger partial charge < -0.3 is 14.6 Å². The number of aliphatic hydroxyl groups is 2. The van der Waals surface area contributed by atoms with Gasteiger partial charge in [0.2, 0.25) is 0 Å². The third-order valence-electron chi connectivity index (χ3n) is 5.68. The summed E-state index contributed by atoms with van der Waals surface area (Å²) in [5, 5.41) is 22.8. The Kier molecular flexibility index (Phi) is 8.23. The molecule has 2 N–H and O–H groups in total. The number of hydrogen-bond donors (Lipinski definition) is 2. The lowest BCUT2D eigenvalue weighted by molar-refractivity contribution is 0.0543. The summed E-state index contributed by atoms with van der Waals surface area (Å²) in [5.74, 6) is 0. The molecule has 0 aliphatic rings. The van der Waals surface area contributed by atoms with E-state index in [1.807, 2.05) is 25.1 Å². The van der Waals surface area contributed by atoms with Crippen molar-refractivity contribution >= 4 is 18.7 Å². The van der Waals surface area contributed by atoms with Gasteiger partial charge in [0, 0.05) is 0 Å². The zero-order valence-corrected chi connectivity index (χ0v) is 20.4. The zero-order chi connectivity index (χ0) is 22.4. The van der Waals surface area contributed by atoms with Crippen molar-refractivity contribution in [3.05, 3.63) is 72.3 Å². The first-order valence-electron chi connectivity index (χ1n) is 10.8. The second-order valence-electron chi connectivity index (χ2n) is 9.79. The average Bonchev–Trinajstić information content (AvgIpc) is 2.69. The van der Waals surface area contributed by atoms with Crippen LogP contribution in [0.2, 0.25) is 5.04 Å². The highest BCUT2D eigenvalue weighted by Crippen LogP contribution is 2.36. The van der Waals surface area contributed by atoms with E-state index in [0.717, 1.165) is 5.57 Å². The van der Waals surface area contributed by atoms with Gasteiger partial charge in [-0.3, -0.25) is 0 Å². The normalized spacial score (nSPS) is 14.6. The molecule has 0 amide bonds. The van der Waals surface area contributed by atoms with E-state index in [9.17, 15) is 10.2 Å². The Labute approximate surface area is 183 Å². The number of aliphatic hydroxyl groups excluding tert-OH is 1. The minimum Gasteiger partial charge on any atom is -0.404 e. The van der Waals surface area contributed by atoms with Crippen LogP contribution in [0.4, 0.5) is 0 Å². The maximum atomic E-state index is 10.5. The van der Waals surface area contributed by atoms with Gasteiger partial charge in [-0.1, -0.05) is 87.5 Å². The Morgan fingerprint density at radius 2 is 1.40 bits per heavy atom. The van der Waals surface area contributed by atoms with Crippen LogP contribution < -0.4 is 10.4 Å². The van der Waals surface area contributed by atoms with Crippen LogP contribution in [0.25, 0.3) is 0 Å². The SMILES string of the molecule is C/C(=C\CO[Si](c1ccccc1)(c1ccccc1)C(C)(C)C)[C@@H](O)CCC(C)(C)O. The van der Waals surface area contributed by atoms with Crippen molar-refractivity contribution in [2.24, 2.45) is 0 Å². The molecule has 0 unspecified atom stereocenters. The highest BCUT2D eigenvalue weighted by atomic mass is 28.4. The first kappa shape index (κ1) is 24.5. The van der Waals surface area contributed by atoms with E-state index in [4.69, 9.17) is 4.43 Å². The molecule has 2 rings (SSSR count). The Balaban J connectivity index is 2.33. The minimum atomic E-state index is -2.57. The van der Waals surface area contributed by atoms with Crippen molar-refractivity contribution in [2.45, 2.75) is 71.1 Å². The Bertz CT molecular complexity index is 762. The second kappa shape index (κ2) is 10.1. The van der Waals surface area contributed by atoms with Crippen LogP contribution in [0, 0.1) is 0 Å². The van der Waals surface area contributed by atoms with Gasteiger partial charge in [-0.2, -0.15) is 0 Å². The summed E-state index contributed by atoms with van der Waals surface area (Å²) in [6.45, 7) is 12.7. The van der Waals surface area contributed by atoms with Crippen molar-refractivity contribution in [1.82, 2.24) is 0 Å². The predicted octanol–water partition coefficient (Wildman–Crippen LogP) is 4.42. The molecule has 0 radical (unpaired) electrons. The molecular weight excluding hydrogens is 388 g/mol. The fourth-order valence-corrected chi connectivity index (χ4v) is 8.40. The van der Waals surface area contributed by atoms with Crippen LogP contribution >= 0.6 is 0 Å². The standard InChI is InChI=1S/C26H38O3Si/c1-21(24(27)17-19-26(5,6)28)18-20-29-30(25(2,3)4,22-13-9-7-10-14-22)23-15-11-8-12-16-23/h7-16,18,24,27-28H,17,19-20H2,1-6H3/b21-18+/t24-/m0/s1. The molecule has 3 nitrogen and oxygen atoms in total. The van der Waals surface area contributed by atoms with Crippen LogP contribution in [0.3, 0.4) is 0 Å². The van der Waals surface area contributed by atoms with Gasteiger partial charge in [-0.15, -0.1) is 0 Å². The second-order valence-corrected chi connectivity index (χ2v) is 14.1. The molecule has 0 heterocycles. The summed E-state index contributed by atoms with van der Waals surface area (Å²) >= 11 is 0. The van der Waals surface area contributed by atoms with Gasteiger partial charge in [-0.25, -0.2) is 0 Å². The van der Waals surface area contributed by atoms with E-state index in [1.165, 1.54) is 10.4 Å². The fraction of sp³-hybridized carbons (Fsp3) is 0.462. The Morgan fingerprint density at radius 3 is 1.80 bits per heavy atom. The molecule has 0 saturated carbocycles. The third-order valence-corrected chi connectivity index (χ3v) is 10.7. The van der Waals surface area contributed by atoms with Crippen LogP contribution in [0.5, 0.6) is 0 Å². The molecule has 164 valence electrons. The van der Waals surface area contributed by atoms with Crippen LogP contribution in [0.15, 0.2) is 72.3 Å². The summed E-state index contributed by atoms with van der Waals surface area (Å²) in [7, 11) is -2.57. The lowest BCUT2D eigenvalue weighted by atomic mass is 9.97. The highest BCUT2D eigenvalue weighted by molar-refractivity contribution is 6.99. The molecule has 2 aromatic rings. The van der Waals surface area contributed by atoms with Crippen LogP contribution in [-0.2, 0) is 4.43 Å². The van der Waals surface area contributed by atoms with Gasteiger partial charge in [0.1, 0.15) is 0 Å². The van der Waals surface area contributed by atoms with E-state index >= 15 is 0 Å². The number of hydrogen-bond acceptors (Lipinski definition) is 3. The summed E-state index contributed by atoms with van der Waals surface area (Å²) in [6.07, 6.45) is 2.51. The molecule has 0 saturated heterocycles. The van der Waals surface area contributed by atoms with Crippen LogP contribution in [0.1, 0.15) is 54.4 Å². The van der Waals surface area contributed by atoms with E-state index in [-0.39, 0.29) is 5.04 Å². The summed E-state index contributed by atoms with van der Waals surface area (Å²) in [6, 6.07) is 21.1. The van der Waals surface area contributed by atoms with Gasteiger partial charge in [0.25, 0.3) is 8.32 Å². The first-order chi connectivity index (χ1) is 14.0. The first-order valence-corrected chi connectivity index (χ1v) is 12.7. The summed E-state index contributed by atoms with van der Waals surface area (Å²) < 4.78 is 6.83. The van der Waals surface area contributed by atoms with E-state index in [0.29, 0.717) is 19.4 Å². The maximum Gasteiger partial charge on any atom is 0.261 e. The van der Waals surface area contributed by atoms with Crippen molar-refractivity contribution in [1.29, 1.82) is 0 Å². The molecule has 0 aliphatic carbocycles. The molecule has 4 heteroatoms. The lowest BCUT2D eigenvalue weighted by Gasteiger charge is -2.42. The van der Waals surface area contributed by atoms with Gasteiger partial charge >= 0.3 is 0 Å². The molecule has 0 aliphatic heterocycles. The van der Waals surface area contributed by atoms with Gasteiger partial charge in [0.05, 0.1) is 18.3 Å². The number of benzene rings is 2. The topological polar surface area (TPSA) is 49.7 Å². The average molecular weight is 427 g/mol. The third kappa shape index (κ3) is 6.14. The molecular formula is C26H38O3Si. The number of rotatable bonds is 9. The lowest BCUT2D eigenvalue weighted by Crippen LogP contribution is -2.66. The fourth-order valence-electron chi connectivity index (χ4n) is 3.91. The molecule has 0 spiro atoms. The van der Waals surface area contributed by atoms with Crippen molar-refractivity contribution < 1.29 is 14.6 Å².